The minimum absolute atomic E-state index is 0.987. The molecule has 0 N–H and O–H groups in total. The van der Waals surface area contributed by atoms with Crippen molar-refractivity contribution >= 4 is 0 Å². The molecule has 0 saturated carbocycles. The zero-order valence-electron chi connectivity index (χ0n) is 11.5. The van der Waals surface area contributed by atoms with Gasteiger partial charge in [-0.15, -0.1) is 0 Å². The fraction of sp³-hybridized carbons (Fsp3) is 0.111. The molecular weight excluding hydrogens is 244 g/mol. The number of hydrogen-bond acceptors (Lipinski definition) is 2. The summed E-state index contributed by atoms with van der Waals surface area (Å²) in [7, 11) is 0. The van der Waals surface area contributed by atoms with Gasteiger partial charge in [0.2, 0.25) is 0 Å². The minimum atomic E-state index is 0.987. The van der Waals surface area contributed by atoms with Crippen molar-refractivity contribution < 1.29 is 0 Å². The average molecular weight is 260 g/mol. The molecule has 3 aromatic rings. The molecule has 0 aliphatic heterocycles. The minimum Gasteiger partial charge on any atom is -0.256 e. The third-order valence-electron chi connectivity index (χ3n) is 3.35. The standard InChI is InChI=1S/C18H16N2/c1-2-14-9-11-20-18(12-14)16-7-5-6-15(13-16)17-8-3-4-10-19-17/h3-13H,2H2,1H3. The molecule has 2 heteroatoms. The number of rotatable bonds is 3. The van der Waals surface area contributed by atoms with Crippen LogP contribution in [-0.2, 0) is 6.42 Å². The number of hydrogen-bond donors (Lipinski definition) is 0. The van der Waals surface area contributed by atoms with Gasteiger partial charge in [-0.25, -0.2) is 0 Å². The summed E-state index contributed by atoms with van der Waals surface area (Å²) in [4.78, 5) is 8.87. The van der Waals surface area contributed by atoms with Crippen molar-refractivity contribution in [3.63, 3.8) is 0 Å². The highest BCUT2D eigenvalue weighted by molar-refractivity contribution is 5.69. The van der Waals surface area contributed by atoms with Crippen LogP contribution >= 0.6 is 0 Å². The van der Waals surface area contributed by atoms with Gasteiger partial charge in [-0.3, -0.25) is 9.97 Å². The first-order chi connectivity index (χ1) is 9.86. The summed E-state index contributed by atoms with van der Waals surface area (Å²) in [6, 6.07) is 18.5. The number of pyridine rings is 2. The number of nitrogens with zero attached hydrogens (tertiary/aromatic N) is 2. The number of benzene rings is 1. The Balaban J connectivity index is 2.03. The first-order valence-corrected chi connectivity index (χ1v) is 6.83. The molecule has 98 valence electrons. The second-order valence-corrected chi connectivity index (χ2v) is 4.70. The van der Waals surface area contributed by atoms with Crippen LogP contribution in [0.4, 0.5) is 0 Å². The summed E-state index contributed by atoms with van der Waals surface area (Å²) in [5.74, 6) is 0. The quantitative estimate of drug-likeness (QED) is 0.698. The van der Waals surface area contributed by atoms with Crippen molar-refractivity contribution in [2.45, 2.75) is 13.3 Å². The van der Waals surface area contributed by atoms with Gasteiger partial charge in [0, 0.05) is 23.5 Å². The Kier molecular flexibility index (Phi) is 3.55. The average Bonchev–Trinajstić information content (AvgIpc) is 2.56. The Morgan fingerprint density at radius 1 is 0.750 bits per heavy atom. The summed E-state index contributed by atoms with van der Waals surface area (Å²) >= 11 is 0. The lowest BCUT2D eigenvalue weighted by molar-refractivity contribution is 1.12. The first-order valence-electron chi connectivity index (χ1n) is 6.83. The van der Waals surface area contributed by atoms with E-state index in [2.05, 4.69) is 53.3 Å². The van der Waals surface area contributed by atoms with Gasteiger partial charge in [0.25, 0.3) is 0 Å². The maximum absolute atomic E-state index is 4.47. The Bertz CT molecular complexity index is 705. The maximum atomic E-state index is 4.47. The van der Waals surface area contributed by atoms with Crippen LogP contribution in [0, 0.1) is 0 Å². The lowest BCUT2D eigenvalue weighted by Gasteiger charge is -2.06. The third kappa shape index (κ3) is 2.59. The predicted octanol–water partition coefficient (Wildman–Crippen LogP) is 4.37. The van der Waals surface area contributed by atoms with E-state index in [4.69, 9.17) is 0 Å². The fourth-order valence-corrected chi connectivity index (χ4v) is 2.22. The van der Waals surface area contributed by atoms with Gasteiger partial charge < -0.3 is 0 Å². The Labute approximate surface area is 119 Å². The summed E-state index contributed by atoms with van der Waals surface area (Å²) in [5.41, 5.74) is 5.55. The Morgan fingerprint density at radius 2 is 1.55 bits per heavy atom. The molecular formula is C18H16N2. The molecule has 2 aromatic heterocycles. The molecule has 0 unspecified atom stereocenters. The van der Waals surface area contributed by atoms with Crippen molar-refractivity contribution in [3.8, 4) is 22.5 Å². The van der Waals surface area contributed by atoms with Gasteiger partial charge in [0.1, 0.15) is 0 Å². The van der Waals surface area contributed by atoms with Crippen LogP contribution in [0.2, 0.25) is 0 Å². The normalized spacial score (nSPS) is 10.4. The van der Waals surface area contributed by atoms with Crippen molar-refractivity contribution in [2.24, 2.45) is 0 Å². The van der Waals surface area contributed by atoms with E-state index in [1.54, 1.807) is 0 Å². The number of aryl methyl sites for hydroxylation is 1. The SMILES string of the molecule is CCc1ccnc(-c2cccc(-c3ccccn3)c2)c1. The van der Waals surface area contributed by atoms with Crippen molar-refractivity contribution in [1.82, 2.24) is 9.97 Å². The van der Waals surface area contributed by atoms with E-state index in [1.807, 2.05) is 30.6 Å². The number of aromatic nitrogens is 2. The lowest BCUT2D eigenvalue weighted by Crippen LogP contribution is -1.88. The molecule has 3 rings (SSSR count). The van der Waals surface area contributed by atoms with Gasteiger partial charge in [-0.05, 0) is 42.3 Å². The Hall–Kier alpha value is -2.48. The summed E-state index contributed by atoms with van der Waals surface area (Å²) in [5, 5.41) is 0. The molecule has 0 atom stereocenters. The molecule has 0 fully saturated rings. The van der Waals surface area contributed by atoms with Crippen LogP contribution in [0.15, 0.2) is 67.0 Å². The van der Waals surface area contributed by atoms with E-state index < -0.39 is 0 Å². The molecule has 0 aliphatic carbocycles. The highest BCUT2D eigenvalue weighted by Crippen LogP contribution is 2.24. The van der Waals surface area contributed by atoms with Gasteiger partial charge in [-0.1, -0.05) is 31.2 Å². The molecule has 20 heavy (non-hydrogen) atoms. The van der Waals surface area contributed by atoms with E-state index in [1.165, 1.54) is 5.56 Å². The highest BCUT2D eigenvalue weighted by Gasteiger charge is 2.03. The molecule has 2 nitrogen and oxygen atoms in total. The summed E-state index contributed by atoms with van der Waals surface area (Å²) < 4.78 is 0. The second-order valence-electron chi connectivity index (χ2n) is 4.70. The van der Waals surface area contributed by atoms with Crippen molar-refractivity contribution in [3.05, 3.63) is 72.6 Å². The largest absolute Gasteiger partial charge is 0.256 e. The topological polar surface area (TPSA) is 25.8 Å². The smallest absolute Gasteiger partial charge is 0.0704 e. The Morgan fingerprint density at radius 3 is 2.30 bits per heavy atom. The van der Waals surface area contributed by atoms with Crippen LogP contribution in [0.5, 0.6) is 0 Å². The van der Waals surface area contributed by atoms with Crippen LogP contribution in [0.3, 0.4) is 0 Å². The fourth-order valence-electron chi connectivity index (χ4n) is 2.22. The summed E-state index contributed by atoms with van der Waals surface area (Å²) in [6.45, 7) is 2.16. The van der Waals surface area contributed by atoms with Gasteiger partial charge in [0.15, 0.2) is 0 Å². The van der Waals surface area contributed by atoms with E-state index >= 15 is 0 Å². The highest BCUT2D eigenvalue weighted by atomic mass is 14.7. The molecule has 0 bridgehead atoms. The third-order valence-corrected chi connectivity index (χ3v) is 3.35. The molecule has 0 amide bonds. The zero-order valence-corrected chi connectivity index (χ0v) is 11.5. The zero-order chi connectivity index (χ0) is 13.8. The molecule has 0 spiro atoms. The van der Waals surface area contributed by atoms with Crippen molar-refractivity contribution in [2.75, 3.05) is 0 Å². The van der Waals surface area contributed by atoms with E-state index in [-0.39, 0.29) is 0 Å². The van der Waals surface area contributed by atoms with Crippen LogP contribution in [0.1, 0.15) is 12.5 Å². The molecule has 0 radical (unpaired) electrons. The predicted molar refractivity (Wildman–Crippen MR) is 82.3 cm³/mol. The van der Waals surface area contributed by atoms with E-state index in [0.29, 0.717) is 0 Å². The van der Waals surface area contributed by atoms with E-state index in [0.717, 1.165) is 28.9 Å². The van der Waals surface area contributed by atoms with Crippen LogP contribution in [-0.4, -0.2) is 9.97 Å². The first kappa shape index (κ1) is 12.5. The van der Waals surface area contributed by atoms with Gasteiger partial charge in [-0.2, -0.15) is 0 Å². The molecule has 1 aromatic carbocycles. The van der Waals surface area contributed by atoms with Gasteiger partial charge >= 0.3 is 0 Å². The second kappa shape index (κ2) is 5.66. The lowest BCUT2D eigenvalue weighted by atomic mass is 10.0. The summed E-state index contributed by atoms with van der Waals surface area (Å²) in [6.07, 6.45) is 4.72. The molecule has 0 aliphatic rings. The monoisotopic (exact) mass is 260 g/mol. The van der Waals surface area contributed by atoms with Crippen LogP contribution < -0.4 is 0 Å². The van der Waals surface area contributed by atoms with Gasteiger partial charge in [0.05, 0.1) is 11.4 Å². The maximum Gasteiger partial charge on any atom is 0.0704 e. The van der Waals surface area contributed by atoms with E-state index in [9.17, 15) is 0 Å². The molecule has 0 saturated heterocycles. The van der Waals surface area contributed by atoms with Crippen molar-refractivity contribution in [1.29, 1.82) is 0 Å². The molecule has 2 heterocycles. The van der Waals surface area contributed by atoms with Crippen LogP contribution in [0.25, 0.3) is 22.5 Å².